The second-order valence-electron chi connectivity index (χ2n) is 7.39. The van der Waals surface area contributed by atoms with Crippen molar-refractivity contribution in [1.29, 1.82) is 0 Å². The second kappa shape index (κ2) is 8.44. The number of halogens is 2. The molecule has 0 saturated carbocycles. The molecule has 0 fully saturated rings. The summed E-state index contributed by atoms with van der Waals surface area (Å²) in [6.45, 7) is 0. The summed E-state index contributed by atoms with van der Waals surface area (Å²) in [7, 11) is 0. The molecule has 0 spiro atoms. The minimum absolute atomic E-state index is 0.0485. The number of anilines is 2. The van der Waals surface area contributed by atoms with Crippen molar-refractivity contribution in [1.82, 2.24) is 0 Å². The van der Waals surface area contributed by atoms with E-state index in [1.807, 2.05) is 0 Å². The number of rotatable bonds is 5. The van der Waals surface area contributed by atoms with Gasteiger partial charge in [0.1, 0.15) is 22.7 Å². The molecule has 0 saturated heterocycles. The average molecular weight is 463 g/mol. The molecule has 0 bridgehead atoms. The minimum atomic E-state index is -0.542. The van der Waals surface area contributed by atoms with Crippen molar-refractivity contribution in [2.45, 2.75) is 6.42 Å². The zero-order valence-electron chi connectivity index (χ0n) is 17.0. The Morgan fingerprint density at radius 1 is 0.909 bits per heavy atom. The highest BCUT2D eigenvalue weighted by atomic mass is 35.5. The normalized spacial score (nSPS) is 11.1. The Morgan fingerprint density at radius 2 is 1.76 bits per heavy atom. The van der Waals surface area contributed by atoms with Gasteiger partial charge in [-0.05, 0) is 48.5 Å². The SMILES string of the molecule is O=C(Cc1coc2ccc(F)cc12)Nc1c(C(=O)Nc2cccc(Cl)c2)oc2ccccc12. The molecule has 0 aliphatic rings. The van der Waals surface area contributed by atoms with Crippen LogP contribution in [0.1, 0.15) is 16.1 Å². The zero-order valence-corrected chi connectivity index (χ0v) is 17.8. The van der Waals surface area contributed by atoms with Crippen LogP contribution in [-0.4, -0.2) is 11.8 Å². The van der Waals surface area contributed by atoms with Crippen LogP contribution in [0.15, 0.2) is 81.8 Å². The van der Waals surface area contributed by atoms with Crippen LogP contribution in [0.5, 0.6) is 0 Å². The average Bonchev–Trinajstić information content (AvgIpc) is 3.35. The molecule has 2 amide bonds. The molecule has 2 N–H and O–H groups in total. The summed E-state index contributed by atoms with van der Waals surface area (Å²) in [6.07, 6.45) is 1.34. The first-order chi connectivity index (χ1) is 16.0. The third-order valence-electron chi connectivity index (χ3n) is 5.12. The van der Waals surface area contributed by atoms with Crippen LogP contribution >= 0.6 is 11.6 Å². The molecular weight excluding hydrogens is 447 g/mol. The van der Waals surface area contributed by atoms with Gasteiger partial charge in [0.2, 0.25) is 11.7 Å². The molecule has 0 aliphatic heterocycles. The van der Waals surface area contributed by atoms with Gasteiger partial charge in [-0.15, -0.1) is 0 Å². The number of furan rings is 2. The van der Waals surface area contributed by atoms with E-state index in [0.29, 0.717) is 38.2 Å². The number of carbonyl (C=O) groups is 2. The molecule has 0 aliphatic carbocycles. The van der Waals surface area contributed by atoms with E-state index in [-0.39, 0.29) is 17.9 Å². The third kappa shape index (κ3) is 4.18. The maximum Gasteiger partial charge on any atom is 0.293 e. The van der Waals surface area contributed by atoms with E-state index in [4.69, 9.17) is 20.4 Å². The van der Waals surface area contributed by atoms with Gasteiger partial charge >= 0.3 is 0 Å². The van der Waals surface area contributed by atoms with E-state index < -0.39 is 17.6 Å². The highest BCUT2D eigenvalue weighted by Gasteiger charge is 2.23. The quantitative estimate of drug-likeness (QED) is 0.316. The van der Waals surface area contributed by atoms with Crippen molar-refractivity contribution in [2.24, 2.45) is 0 Å². The van der Waals surface area contributed by atoms with Gasteiger partial charge in [-0.25, -0.2) is 4.39 Å². The molecule has 0 atom stereocenters. The number of amides is 2. The van der Waals surface area contributed by atoms with Crippen LogP contribution in [0.3, 0.4) is 0 Å². The fourth-order valence-corrected chi connectivity index (χ4v) is 3.82. The lowest BCUT2D eigenvalue weighted by Gasteiger charge is -2.07. The zero-order chi connectivity index (χ0) is 22.9. The Bertz CT molecular complexity index is 1520. The largest absolute Gasteiger partial charge is 0.464 e. The lowest BCUT2D eigenvalue weighted by Crippen LogP contribution is -2.18. The van der Waals surface area contributed by atoms with Crippen molar-refractivity contribution in [3.63, 3.8) is 0 Å². The molecule has 2 aromatic heterocycles. The third-order valence-corrected chi connectivity index (χ3v) is 5.35. The van der Waals surface area contributed by atoms with E-state index in [9.17, 15) is 14.0 Å². The number of hydrogen-bond acceptors (Lipinski definition) is 4. The van der Waals surface area contributed by atoms with Crippen molar-refractivity contribution < 1.29 is 22.8 Å². The second-order valence-corrected chi connectivity index (χ2v) is 7.83. The lowest BCUT2D eigenvalue weighted by molar-refractivity contribution is -0.115. The van der Waals surface area contributed by atoms with Gasteiger partial charge in [-0.2, -0.15) is 0 Å². The number of hydrogen-bond donors (Lipinski definition) is 2. The molecule has 2 heterocycles. The monoisotopic (exact) mass is 462 g/mol. The van der Waals surface area contributed by atoms with Crippen molar-refractivity contribution >= 4 is 56.7 Å². The first kappa shape index (κ1) is 20.8. The predicted molar refractivity (Wildman–Crippen MR) is 124 cm³/mol. The van der Waals surface area contributed by atoms with E-state index in [2.05, 4.69) is 10.6 Å². The minimum Gasteiger partial charge on any atom is -0.464 e. The maximum atomic E-state index is 13.6. The number of benzene rings is 3. The number of nitrogens with one attached hydrogen (secondary N) is 2. The fraction of sp³-hybridized carbons (Fsp3) is 0.0400. The highest BCUT2D eigenvalue weighted by molar-refractivity contribution is 6.31. The smallest absolute Gasteiger partial charge is 0.293 e. The molecule has 8 heteroatoms. The van der Waals surface area contributed by atoms with Gasteiger partial charge in [-0.3, -0.25) is 9.59 Å². The Kier molecular flexibility index (Phi) is 5.32. The molecule has 6 nitrogen and oxygen atoms in total. The Morgan fingerprint density at radius 3 is 2.61 bits per heavy atom. The predicted octanol–water partition coefficient (Wildman–Crippen LogP) is 6.41. The van der Waals surface area contributed by atoms with Crippen molar-refractivity contribution in [2.75, 3.05) is 10.6 Å². The molecule has 5 aromatic rings. The molecule has 5 rings (SSSR count). The first-order valence-corrected chi connectivity index (χ1v) is 10.4. The maximum absolute atomic E-state index is 13.6. The number of para-hydroxylation sites is 1. The molecule has 3 aromatic carbocycles. The van der Waals surface area contributed by atoms with Crippen LogP contribution in [0, 0.1) is 5.82 Å². The molecule has 0 radical (unpaired) electrons. The van der Waals surface area contributed by atoms with Crippen molar-refractivity contribution in [3.8, 4) is 0 Å². The fourth-order valence-electron chi connectivity index (χ4n) is 3.63. The summed E-state index contributed by atoms with van der Waals surface area (Å²) in [5, 5.41) is 7.06. The van der Waals surface area contributed by atoms with E-state index in [1.54, 1.807) is 48.5 Å². The summed E-state index contributed by atoms with van der Waals surface area (Å²) in [5.41, 5.74) is 2.18. The van der Waals surface area contributed by atoms with Crippen LogP contribution in [0.25, 0.3) is 21.9 Å². The van der Waals surface area contributed by atoms with Crippen molar-refractivity contribution in [3.05, 3.63) is 95.2 Å². The van der Waals surface area contributed by atoms with E-state index in [0.717, 1.165) is 0 Å². The van der Waals surface area contributed by atoms with Crippen LogP contribution < -0.4 is 10.6 Å². The van der Waals surface area contributed by atoms with E-state index in [1.165, 1.54) is 24.5 Å². The Balaban J connectivity index is 1.45. The number of carbonyl (C=O) groups excluding carboxylic acids is 2. The van der Waals surface area contributed by atoms with Crippen LogP contribution in [0.4, 0.5) is 15.8 Å². The van der Waals surface area contributed by atoms with Gasteiger partial charge in [0.25, 0.3) is 5.91 Å². The summed E-state index contributed by atoms with van der Waals surface area (Å²) < 4.78 is 24.8. The Hall–Kier alpha value is -4.10. The molecule has 164 valence electrons. The first-order valence-electron chi connectivity index (χ1n) is 10.0. The van der Waals surface area contributed by atoms with Gasteiger partial charge < -0.3 is 19.5 Å². The number of fused-ring (bicyclic) bond motifs is 2. The topological polar surface area (TPSA) is 84.5 Å². The molecule has 33 heavy (non-hydrogen) atoms. The lowest BCUT2D eigenvalue weighted by atomic mass is 10.1. The van der Waals surface area contributed by atoms with Gasteiger partial charge in [0, 0.05) is 27.0 Å². The summed E-state index contributed by atoms with van der Waals surface area (Å²) in [6, 6.07) is 17.8. The standard InChI is InChI=1S/C25H16ClFN2O4/c26-15-4-3-5-17(11-15)28-25(31)24-23(18-6-1-2-7-21(18)33-24)29-22(30)10-14-13-32-20-9-8-16(27)12-19(14)20/h1-9,11-13H,10H2,(H,28,31)(H,29,30). The van der Waals surface area contributed by atoms with Gasteiger partial charge in [0.15, 0.2) is 0 Å². The Labute approximate surface area is 191 Å². The van der Waals surface area contributed by atoms with Crippen LogP contribution in [0.2, 0.25) is 5.02 Å². The molecule has 0 unspecified atom stereocenters. The summed E-state index contributed by atoms with van der Waals surface area (Å²) >= 11 is 5.99. The van der Waals surface area contributed by atoms with E-state index >= 15 is 0 Å². The summed E-state index contributed by atoms with van der Waals surface area (Å²) in [4.78, 5) is 25.9. The van der Waals surface area contributed by atoms with Crippen LogP contribution in [-0.2, 0) is 11.2 Å². The summed E-state index contributed by atoms with van der Waals surface area (Å²) in [5.74, 6) is -1.43. The molecular formula is C25H16ClFN2O4. The van der Waals surface area contributed by atoms with Gasteiger partial charge in [-0.1, -0.05) is 29.8 Å². The highest BCUT2D eigenvalue weighted by Crippen LogP contribution is 2.32. The van der Waals surface area contributed by atoms with Gasteiger partial charge in [0.05, 0.1) is 12.7 Å².